The normalized spacial score (nSPS) is 11.0. The summed E-state index contributed by atoms with van der Waals surface area (Å²) in [5.74, 6) is 0.700. The van der Waals surface area contributed by atoms with Crippen LogP contribution in [0.4, 0.5) is 10.1 Å². The van der Waals surface area contributed by atoms with E-state index in [1.807, 2.05) is 17.0 Å². The molecule has 1 N–H and O–H groups in total. The molecule has 0 fully saturated rings. The van der Waals surface area contributed by atoms with Crippen LogP contribution in [-0.2, 0) is 17.9 Å². The lowest BCUT2D eigenvalue weighted by Crippen LogP contribution is -2.32. The zero-order valence-corrected chi connectivity index (χ0v) is 14.0. The lowest BCUT2D eigenvalue weighted by molar-refractivity contribution is -0.117. The van der Waals surface area contributed by atoms with Gasteiger partial charge in [-0.1, -0.05) is 11.6 Å². The van der Waals surface area contributed by atoms with Gasteiger partial charge >= 0.3 is 0 Å². The largest absolute Gasteiger partial charge is 0.468 e. The molecule has 0 aliphatic heterocycles. The molecule has 3 aromatic rings. The van der Waals surface area contributed by atoms with Crippen molar-refractivity contribution in [2.75, 3.05) is 11.9 Å². The summed E-state index contributed by atoms with van der Waals surface area (Å²) in [7, 11) is 0. The van der Waals surface area contributed by atoms with Crippen molar-refractivity contribution in [2.24, 2.45) is 0 Å². The Kier molecular flexibility index (Phi) is 5.53. The summed E-state index contributed by atoms with van der Waals surface area (Å²) in [4.78, 5) is 14.2. The first-order valence-electron chi connectivity index (χ1n) is 7.62. The third kappa shape index (κ3) is 4.95. The van der Waals surface area contributed by atoms with Crippen LogP contribution in [-0.4, -0.2) is 17.4 Å². The zero-order valence-electron chi connectivity index (χ0n) is 13.2. The fourth-order valence-electron chi connectivity index (χ4n) is 2.39. The van der Waals surface area contributed by atoms with Gasteiger partial charge in [0.2, 0.25) is 5.91 Å². The molecule has 25 heavy (non-hydrogen) atoms. The molecule has 0 unspecified atom stereocenters. The molecular weight excluding hydrogens is 347 g/mol. The number of nitrogens with one attached hydrogen (secondary N) is 1. The van der Waals surface area contributed by atoms with Crippen molar-refractivity contribution in [1.82, 2.24) is 4.90 Å². The number of hydrogen-bond donors (Lipinski definition) is 1. The molecule has 1 amide bonds. The molecule has 0 saturated heterocycles. The van der Waals surface area contributed by atoms with Crippen LogP contribution in [0.25, 0.3) is 0 Å². The van der Waals surface area contributed by atoms with Gasteiger partial charge in [-0.25, -0.2) is 4.39 Å². The van der Waals surface area contributed by atoms with Gasteiger partial charge in [-0.2, -0.15) is 0 Å². The van der Waals surface area contributed by atoms with Gasteiger partial charge in [0.05, 0.1) is 37.2 Å². The molecule has 0 radical (unpaired) electrons. The van der Waals surface area contributed by atoms with Crippen LogP contribution < -0.4 is 5.32 Å². The van der Waals surface area contributed by atoms with Crippen LogP contribution in [0, 0.1) is 5.82 Å². The van der Waals surface area contributed by atoms with E-state index in [0.717, 1.165) is 11.5 Å². The first kappa shape index (κ1) is 17.3. The highest BCUT2D eigenvalue weighted by atomic mass is 35.5. The Morgan fingerprint density at radius 2 is 1.72 bits per heavy atom. The number of halogens is 2. The average molecular weight is 363 g/mol. The summed E-state index contributed by atoms with van der Waals surface area (Å²) in [5, 5.41) is 2.67. The predicted molar refractivity (Wildman–Crippen MR) is 91.6 cm³/mol. The molecule has 130 valence electrons. The number of rotatable bonds is 7. The van der Waals surface area contributed by atoms with Gasteiger partial charge in [-0.3, -0.25) is 9.69 Å². The van der Waals surface area contributed by atoms with Gasteiger partial charge in [0, 0.05) is 5.69 Å². The summed E-state index contributed by atoms with van der Waals surface area (Å²) in [6.07, 6.45) is 3.17. The third-order valence-corrected chi connectivity index (χ3v) is 3.78. The monoisotopic (exact) mass is 362 g/mol. The molecular formula is C18H16ClFN2O3. The quantitative estimate of drug-likeness (QED) is 0.680. The Labute approximate surface area is 149 Å². The smallest absolute Gasteiger partial charge is 0.238 e. The maximum atomic E-state index is 13.2. The van der Waals surface area contributed by atoms with Crippen LogP contribution in [0.3, 0.4) is 0 Å². The summed E-state index contributed by atoms with van der Waals surface area (Å²) in [6, 6.07) is 11.3. The first-order valence-corrected chi connectivity index (χ1v) is 8.00. The van der Waals surface area contributed by atoms with Crippen molar-refractivity contribution in [1.29, 1.82) is 0 Å². The van der Waals surface area contributed by atoms with Crippen LogP contribution in [0.15, 0.2) is 63.8 Å². The molecule has 5 nitrogen and oxygen atoms in total. The number of anilines is 1. The minimum absolute atomic E-state index is 0.0409. The minimum Gasteiger partial charge on any atom is -0.468 e. The molecule has 2 heterocycles. The van der Waals surface area contributed by atoms with Gasteiger partial charge in [-0.15, -0.1) is 0 Å². The number of benzene rings is 1. The van der Waals surface area contributed by atoms with Crippen LogP contribution in [0.5, 0.6) is 0 Å². The number of nitrogens with zero attached hydrogens (tertiary/aromatic N) is 1. The molecule has 1 aromatic carbocycles. The molecule has 0 aliphatic rings. The van der Waals surface area contributed by atoms with Crippen molar-refractivity contribution in [3.8, 4) is 0 Å². The summed E-state index contributed by atoms with van der Waals surface area (Å²) in [6.45, 7) is 1.01. The Balaban J connectivity index is 1.65. The van der Waals surface area contributed by atoms with Crippen LogP contribution in [0.2, 0.25) is 5.02 Å². The van der Waals surface area contributed by atoms with E-state index in [9.17, 15) is 9.18 Å². The average Bonchev–Trinajstić information content (AvgIpc) is 3.25. The number of furan rings is 2. The van der Waals surface area contributed by atoms with E-state index in [1.165, 1.54) is 18.2 Å². The topological polar surface area (TPSA) is 58.6 Å². The van der Waals surface area contributed by atoms with Crippen molar-refractivity contribution < 1.29 is 18.0 Å². The molecule has 0 spiro atoms. The molecule has 2 aromatic heterocycles. The zero-order chi connectivity index (χ0) is 17.6. The highest BCUT2D eigenvalue weighted by molar-refractivity contribution is 6.31. The fourth-order valence-corrected chi connectivity index (χ4v) is 2.57. The highest BCUT2D eigenvalue weighted by Gasteiger charge is 2.15. The molecule has 7 heteroatoms. The van der Waals surface area contributed by atoms with Gasteiger partial charge in [0.15, 0.2) is 0 Å². The summed E-state index contributed by atoms with van der Waals surface area (Å²) >= 11 is 5.73. The third-order valence-electron chi connectivity index (χ3n) is 3.49. The van der Waals surface area contributed by atoms with E-state index in [2.05, 4.69) is 5.32 Å². The Morgan fingerprint density at radius 1 is 1.08 bits per heavy atom. The van der Waals surface area contributed by atoms with Gasteiger partial charge < -0.3 is 14.2 Å². The van der Waals surface area contributed by atoms with Gasteiger partial charge in [-0.05, 0) is 42.5 Å². The lowest BCUT2D eigenvalue weighted by atomic mass is 10.3. The van der Waals surface area contributed by atoms with Crippen LogP contribution in [0.1, 0.15) is 11.5 Å². The van der Waals surface area contributed by atoms with Gasteiger partial charge in [0.1, 0.15) is 17.3 Å². The number of carbonyl (C=O) groups is 1. The summed E-state index contributed by atoms with van der Waals surface area (Å²) in [5.41, 5.74) is 0.437. The molecule has 3 rings (SSSR count). The SMILES string of the molecule is O=C(CN(Cc1ccco1)Cc1ccco1)Nc1ccc(F)c(Cl)c1. The second kappa shape index (κ2) is 8.00. The second-order valence-electron chi connectivity index (χ2n) is 5.48. The van der Waals surface area contributed by atoms with Crippen molar-refractivity contribution in [2.45, 2.75) is 13.1 Å². The number of hydrogen-bond acceptors (Lipinski definition) is 4. The Hall–Kier alpha value is -2.57. The number of amides is 1. The Bertz CT molecular complexity index is 783. The van der Waals surface area contributed by atoms with Crippen molar-refractivity contribution >= 4 is 23.2 Å². The Morgan fingerprint density at radius 3 is 2.24 bits per heavy atom. The minimum atomic E-state index is -0.531. The van der Waals surface area contributed by atoms with E-state index in [1.54, 1.807) is 24.7 Å². The molecule has 0 saturated carbocycles. The maximum absolute atomic E-state index is 13.2. The van der Waals surface area contributed by atoms with Crippen molar-refractivity contribution in [3.63, 3.8) is 0 Å². The van der Waals surface area contributed by atoms with E-state index < -0.39 is 5.82 Å². The maximum Gasteiger partial charge on any atom is 0.238 e. The summed E-state index contributed by atoms with van der Waals surface area (Å²) < 4.78 is 23.9. The molecule has 0 aliphatic carbocycles. The van der Waals surface area contributed by atoms with Gasteiger partial charge in [0.25, 0.3) is 0 Å². The number of carbonyl (C=O) groups excluding carboxylic acids is 1. The van der Waals surface area contributed by atoms with E-state index >= 15 is 0 Å². The predicted octanol–water partition coefficient (Wildman–Crippen LogP) is 4.31. The van der Waals surface area contributed by atoms with E-state index in [-0.39, 0.29) is 17.5 Å². The standard InChI is InChI=1S/C18H16ClFN2O3/c19-16-9-13(5-6-17(16)20)21-18(23)12-22(10-14-3-1-7-24-14)11-15-4-2-8-25-15/h1-9H,10-12H2,(H,21,23). The van der Waals surface area contributed by atoms with E-state index in [4.69, 9.17) is 20.4 Å². The van der Waals surface area contributed by atoms with Crippen molar-refractivity contribution in [3.05, 3.63) is 77.4 Å². The fraction of sp³-hybridized carbons (Fsp3) is 0.167. The molecule has 0 bridgehead atoms. The lowest BCUT2D eigenvalue weighted by Gasteiger charge is -2.19. The first-order chi connectivity index (χ1) is 12.1. The highest BCUT2D eigenvalue weighted by Crippen LogP contribution is 2.19. The van der Waals surface area contributed by atoms with E-state index in [0.29, 0.717) is 18.8 Å². The molecule has 0 atom stereocenters. The van der Waals surface area contributed by atoms with Crippen LogP contribution >= 0.6 is 11.6 Å². The second-order valence-corrected chi connectivity index (χ2v) is 5.89.